The van der Waals surface area contributed by atoms with Crippen molar-refractivity contribution in [2.24, 2.45) is 0 Å². The van der Waals surface area contributed by atoms with E-state index < -0.39 is 0 Å². The third-order valence-electron chi connectivity index (χ3n) is 3.12. The molecule has 1 aromatic carbocycles. The summed E-state index contributed by atoms with van der Waals surface area (Å²) in [5.74, 6) is 1.23. The van der Waals surface area contributed by atoms with Crippen molar-refractivity contribution in [3.63, 3.8) is 0 Å². The minimum atomic E-state index is -0.342. The number of aromatic nitrogens is 2. The fraction of sp³-hybridized carbons (Fsp3) is 0.357. The summed E-state index contributed by atoms with van der Waals surface area (Å²) in [5.41, 5.74) is 1.86. The molecule has 0 bridgehead atoms. The van der Waals surface area contributed by atoms with Crippen LogP contribution in [0.25, 0.3) is 0 Å². The molecule has 0 fully saturated rings. The summed E-state index contributed by atoms with van der Waals surface area (Å²) in [4.78, 5) is 15.1. The van der Waals surface area contributed by atoms with E-state index in [2.05, 4.69) is 18.8 Å². The maximum atomic E-state index is 11.0. The predicted molar refractivity (Wildman–Crippen MR) is 73.3 cm³/mol. The van der Waals surface area contributed by atoms with E-state index in [1.54, 1.807) is 12.1 Å². The number of imidazole rings is 1. The van der Waals surface area contributed by atoms with Gasteiger partial charge in [0.2, 0.25) is 0 Å². The molecule has 5 nitrogen and oxygen atoms in total. The second-order valence-electron chi connectivity index (χ2n) is 4.88. The van der Waals surface area contributed by atoms with E-state index in [1.165, 1.54) is 6.07 Å². The maximum Gasteiger partial charge on any atom is 0.274 e. The van der Waals surface area contributed by atoms with Crippen LogP contribution < -0.4 is 0 Å². The number of aryl methyl sites for hydroxylation is 1. The van der Waals surface area contributed by atoms with Crippen LogP contribution in [-0.2, 0) is 6.54 Å². The largest absolute Gasteiger partial charge is 0.330 e. The molecular weight excluding hydrogens is 242 g/mol. The number of hydrogen-bond acceptors (Lipinski definition) is 3. The van der Waals surface area contributed by atoms with Crippen molar-refractivity contribution < 1.29 is 4.92 Å². The highest BCUT2D eigenvalue weighted by Crippen LogP contribution is 2.21. The molecule has 0 aliphatic heterocycles. The van der Waals surface area contributed by atoms with Crippen LogP contribution >= 0.6 is 0 Å². The van der Waals surface area contributed by atoms with E-state index in [1.807, 2.05) is 23.8 Å². The Morgan fingerprint density at radius 2 is 2.05 bits per heavy atom. The molecule has 0 saturated carbocycles. The molecular formula is C14H17N3O2. The summed E-state index contributed by atoms with van der Waals surface area (Å²) in [7, 11) is 0. The lowest BCUT2D eigenvalue weighted by molar-refractivity contribution is -0.385. The van der Waals surface area contributed by atoms with Crippen molar-refractivity contribution in [1.82, 2.24) is 9.55 Å². The van der Waals surface area contributed by atoms with Crippen LogP contribution in [0.5, 0.6) is 0 Å². The summed E-state index contributed by atoms with van der Waals surface area (Å²) in [6.45, 7) is 6.55. The third kappa shape index (κ3) is 2.81. The Morgan fingerprint density at radius 3 is 2.63 bits per heavy atom. The Kier molecular flexibility index (Phi) is 3.64. The van der Waals surface area contributed by atoms with Crippen molar-refractivity contribution in [2.45, 2.75) is 33.2 Å². The molecule has 0 radical (unpaired) electrons. The highest BCUT2D eigenvalue weighted by atomic mass is 16.6. The van der Waals surface area contributed by atoms with Gasteiger partial charge in [0, 0.05) is 17.8 Å². The van der Waals surface area contributed by atoms with Gasteiger partial charge in [-0.05, 0) is 12.8 Å². The number of hydrogen-bond donors (Lipinski definition) is 0. The molecule has 0 N–H and O–H groups in total. The van der Waals surface area contributed by atoms with Crippen LogP contribution in [0, 0.1) is 17.0 Å². The van der Waals surface area contributed by atoms with Gasteiger partial charge in [-0.2, -0.15) is 0 Å². The average Bonchev–Trinajstić information content (AvgIpc) is 2.72. The van der Waals surface area contributed by atoms with Gasteiger partial charge in [0.15, 0.2) is 0 Å². The van der Waals surface area contributed by atoms with Crippen molar-refractivity contribution in [2.75, 3.05) is 0 Å². The van der Waals surface area contributed by atoms with Gasteiger partial charge in [-0.3, -0.25) is 10.1 Å². The van der Waals surface area contributed by atoms with Gasteiger partial charge in [-0.1, -0.05) is 32.0 Å². The molecule has 0 aliphatic carbocycles. The molecule has 0 aliphatic rings. The minimum absolute atomic E-state index is 0.154. The van der Waals surface area contributed by atoms with Gasteiger partial charge in [-0.15, -0.1) is 0 Å². The first-order valence-electron chi connectivity index (χ1n) is 6.25. The first kappa shape index (κ1) is 13.3. The number of para-hydroxylation sites is 1. The molecule has 0 saturated heterocycles. The zero-order valence-electron chi connectivity index (χ0n) is 11.3. The standard InChI is InChI=1S/C14H17N3O2/c1-10(2)13-9-16(11(3)15-13)8-12-6-4-5-7-14(12)17(18)19/h4-7,9-10H,8H2,1-3H3. The van der Waals surface area contributed by atoms with Gasteiger partial charge in [-0.25, -0.2) is 4.98 Å². The van der Waals surface area contributed by atoms with Crippen molar-refractivity contribution >= 4 is 5.69 Å². The van der Waals surface area contributed by atoms with Crippen LogP contribution in [0.1, 0.15) is 36.8 Å². The van der Waals surface area contributed by atoms with E-state index in [0.717, 1.165) is 11.5 Å². The molecule has 1 heterocycles. The number of nitro groups is 1. The monoisotopic (exact) mass is 259 g/mol. The highest BCUT2D eigenvalue weighted by molar-refractivity contribution is 5.40. The summed E-state index contributed by atoms with van der Waals surface area (Å²) in [6.07, 6.45) is 1.97. The molecule has 100 valence electrons. The van der Waals surface area contributed by atoms with E-state index in [-0.39, 0.29) is 10.6 Å². The average molecular weight is 259 g/mol. The van der Waals surface area contributed by atoms with Crippen molar-refractivity contribution in [1.29, 1.82) is 0 Å². The van der Waals surface area contributed by atoms with Crippen LogP contribution in [0.4, 0.5) is 5.69 Å². The Hall–Kier alpha value is -2.17. The SMILES string of the molecule is Cc1nc(C(C)C)cn1Cc1ccccc1[N+](=O)[O-]. The van der Waals surface area contributed by atoms with E-state index >= 15 is 0 Å². The number of benzene rings is 1. The van der Waals surface area contributed by atoms with Gasteiger partial charge in [0.1, 0.15) is 5.82 Å². The van der Waals surface area contributed by atoms with Crippen molar-refractivity contribution in [3.05, 3.63) is 57.7 Å². The van der Waals surface area contributed by atoms with Crippen LogP contribution in [0.15, 0.2) is 30.5 Å². The first-order valence-corrected chi connectivity index (χ1v) is 6.25. The fourth-order valence-corrected chi connectivity index (χ4v) is 1.98. The Morgan fingerprint density at radius 1 is 1.37 bits per heavy atom. The second-order valence-corrected chi connectivity index (χ2v) is 4.88. The zero-order valence-corrected chi connectivity index (χ0v) is 11.3. The van der Waals surface area contributed by atoms with E-state index in [4.69, 9.17) is 0 Å². The number of nitro benzene ring substituents is 1. The lowest BCUT2D eigenvalue weighted by atomic mass is 10.1. The molecule has 0 unspecified atom stereocenters. The molecule has 2 aromatic rings. The first-order chi connectivity index (χ1) is 8.99. The molecule has 0 atom stereocenters. The Balaban J connectivity index is 2.34. The van der Waals surface area contributed by atoms with Gasteiger partial charge in [0.25, 0.3) is 5.69 Å². The summed E-state index contributed by atoms with van der Waals surface area (Å²) in [6, 6.07) is 6.82. The predicted octanol–water partition coefficient (Wildman–Crippen LogP) is 3.27. The van der Waals surface area contributed by atoms with Gasteiger partial charge in [0.05, 0.1) is 17.2 Å². The Bertz CT molecular complexity index is 602. The maximum absolute atomic E-state index is 11.0. The summed E-state index contributed by atoms with van der Waals surface area (Å²) in [5, 5.41) is 11.0. The van der Waals surface area contributed by atoms with Crippen LogP contribution in [0.3, 0.4) is 0 Å². The van der Waals surface area contributed by atoms with E-state index in [9.17, 15) is 10.1 Å². The fourth-order valence-electron chi connectivity index (χ4n) is 1.98. The lowest BCUT2D eigenvalue weighted by Crippen LogP contribution is -2.03. The van der Waals surface area contributed by atoms with Crippen LogP contribution in [0.2, 0.25) is 0 Å². The van der Waals surface area contributed by atoms with Gasteiger partial charge >= 0.3 is 0 Å². The summed E-state index contributed by atoms with van der Waals surface area (Å²) >= 11 is 0. The highest BCUT2D eigenvalue weighted by Gasteiger charge is 2.14. The summed E-state index contributed by atoms with van der Waals surface area (Å²) < 4.78 is 1.96. The molecule has 2 rings (SSSR count). The normalized spacial score (nSPS) is 10.9. The smallest absolute Gasteiger partial charge is 0.274 e. The number of rotatable bonds is 4. The number of nitrogens with zero attached hydrogens (tertiary/aromatic N) is 3. The molecule has 0 amide bonds. The third-order valence-corrected chi connectivity index (χ3v) is 3.12. The van der Waals surface area contributed by atoms with Crippen LogP contribution in [-0.4, -0.2) is 14.5 Å². The quantitative estimate of drug-likeness (QED) is 0.625. The Labute approximate surface area is 112 Å². The zero-order chi connectivity index (χ0) is 14.0. The van der Waals surface area contributed by atoms with E-state index in [0.29, 0.717) is 18.0 Å². The minimum Gasteiger partial charge on any atom is -0.330 e. The molecule has 19 heavy (non-hydrogen) atoms. The molecule has 1 aromatic heterocycles. The van der Waals surface area contributed by atoms with Gasteiger partial charge < -0.3 is 4.57 Å². The molecule has 0 spiro atoms. The van der Waals surface area contributed by atoms with Crippen molar-refractivity contribution in [3.8, 4) is 0 Å². The second kappa shape index (κ2) is 5.22. The lowest BCUT2D eigenvalue weighted by Gasteiger charge is -2.05. The topological polar surface area (TPSA) is 61.0 Å². The molecule has 5 heteroatoms.